The zero-order valence-electron chi connectivity index (χ0n) is 32.4. The van der Waals surface area contributed by atoms with E-state index in [1.165, 1.54) is 16.0 Å². The van der Waals surface area contributed by atoms with Gasteiger partial charge in [0.05, 0.1) is 10.2 Å². The van der Waals surface area contributed by atoms with E-state index >= 15 is 0 Å². The highest BCUT2D eigenvalue weighted by molar-refractivity contribution is 7.23. The Morgan fingerprint density at radius 2 is 1.67 bits per heavy atom. The van der Waals surface area contributed by atoms with Crippen molar-refractivity contribution in [1.29, 1.82) is 0 Å². The highest BCUT2D eigenvalue weighted by atomic mass is 32.1. The Kier molecular flexibility index (Phi) is 10.8. The number of ether oxygens (including phenoxy) is 2. The van der Waals surface area contributed by atoms with E-state index in [1.807, 2.05) is 55.4 Å². The number of rotatable bonds is 7. The van der Waals surface area contributed by atoms with Gasteiger partial charge < -0.3 is 24.6 Å². The second kappa shape index (κ2) is 14.7. The van der Waals surface area contributed by atoms with Crippen molar-refractivity contribution < 1.29 is 23.9 Å². The summed E-state index contributed by atoms with van der Waals surface area (Å²) in [5.74, 6) is -0.182. The average Bonchev–Trinajstić information content (AvgIpc) is 3.60. The second-order valence-electron chi connectivity index (χ2n) is 16.9. The van der Waals surface area contributed by atoms with E-state index in [0.29, 0.717) is 32.0 Å². The van der Waals surface area contributed by atoms with Crippen molar-refractivity contribution in [2.24, 2.45) is 5.92 Å². The molecule has 0 bridgehead atoms. The highest BCUT2D eigenvalue weighted by Crippen LogP contribution is 2.47. The van der Waals surface area contributed by atoms with Crippen LogP contribution in [0.2, 0.25) is 0 Å². The summed E-state index contributed by atoms with van der Waals surface area (Å²) in [4.78, 5) is 51.9. The van der Waals surface area contributed by atoms with E-state index in [9.17, 15) is 14.4 Å². The fourth-order valence-electron chi connectivity index (χ4n) is 7.17. The Hall–Kier alpha value is -3.48. The van der Waals surface area contributed by atoms with Crippen LogP contribution in [0.4, 0.5) is 14.6 Å². The zero-order valence-corrected chi connectivity index (χ0v) is 34.1. The van der Waals surface area contributed by atoms with E-state index in [4.69, 9.17) is 14.5 Å². The largest absolute Gasteiger partial charge is 0.444 e. The van der Waals surface area contributed by atoms with E-state index < -0.39 is 11.2 Å². The van der Waals surface area contributed by atoms with Crippen molar-refractivity contribution in [1.82, 2.24) is 19.7 Å². The van der Waals surface area contributed by atoms with Gasteiger partial charge in [0.2, 0.25) is 5.91 Å². The van der Waals surface area contributed by atoms with Gasteiger partial charge in [0.1, 0.15) is 21.2 Å². The number of fused-ring (bicyclic) bond motifs is 2. The lowest BCUT2D eigenvalue weighted by atomic mass is 9.78. The van der Waals surface area contributed by atoms with Gasteiger partial charge >= 0.3 is 12.2 Å². The standard InChI is InChI=1S/C40H55N5O5S2/c1-23(2)44-18-15-29-32(22-44)52-36(42-34(46)27-19-28(20-27)45(24(3)4)38(48)50-40(8,9)10)33(29)35-41-30-12-11-26(21-31(30)51-35)25-13-16-43(17-14-25)37(47)49-39(5,6)7/h11-13,21,23-24,27-28H,14-20,22H2,1-10H3,(H,42,46). The third-order valence-electron chi connectivity index (χ3n) is 9.93. The SMILES string of the molecule is CC(C)N1CCc2c(sc(NC(=O)C3CC(N(C(=O)OC(C)(C)C)C(C)C)C3)c2-c2nc3ccc(C4=CCN(C(=O)OC(C)(C)C)CC4)cc3s2)C1. The molecule has 0 spiro atoms. The third kappa shape index (κ3) is 8.50. The summed E-state index contributed by atoms with van der Waals surface area (Å²) in [6, 6.07) is 6.80. The average molecular weight is 750 g/mol. The van der Waals surface area contributed by atoms with E-state index in [1.54, 1.807) is 32.5 Å². The normalized spacial score (nSPS) is 19.7. The van der Waals surface area contributed by atoms with Crippen LogP contribution in [-0.2, 0) is 27.2 Å². The van der Waals surface area contributed by atoms with Gasteiger partial charge in [-0.3, -0.25) is 9.69 Å². The van der Waals surface area contributed by atoms with Crippen LogP contribution in [0.3, 0.4) is 0 Å². The molecule has 0 atom stereocenters. The molecule has 2 aliphatic heterocycles. The summed E-state index contributed by atoms with van der Waals surface area (Å²) in [7, 11) is 0. The number of thiophene rings is 1. The summed E-state index contributed by atoms with van der Waals surface area (Å²) >= 11 is 3.35. The molecule has 1 N–H and O–H groups in total. The summed E-state index contributed by atoms with van der Waals surface area (Å²) < 4.78 is 12.4. The predicted molar refractivity (Wildman–Crippen MR) is 211 cm³/mol. The maximum atomic E-state index is 13.8. The number of nitrogens with one attached hydrogen (secondary N) is 1. The van der Waals surface area contributed by atoms with Crippen LogP contribution in [0.25, 0.3) is 26.4 Å². The Morgan fingerprint density at radius 3 is 2.29 bits per heavy atom. The van der Waals surface area contributed by atoms with Crippen LogP contribution in [0.5, 0.6) is 0 Å². The summed E-state index contributed by atoms with van der Waals surface area (Å²) in [6.45, 7) is 22.7. The molecule has 10 nitrogen and oxygen atoms in total. The maximum Gasteiger partial charge on any atom is 0.410 e. The molecule has 3 aliphatic rings. The van der Waals surface area contributed by atoms with Crippen LogP contribution >= 0.6 is 22.7 Å². The number of amides is 3. The number of carbonyl (C=O) groups excluding carboxylic acids is 3. The van der Waals surface area contributed by atoms with Gasteiger partial charge in [0.15, 0.2) is 0 Å². The molecule has 6 rings (SSSR count). The van der Waals surface area contributed by atoms with E-state index in [-0.39, 0.29) is 36.1 Å². The predicted octanol–water partition coefficient (Wildman–Crippen LogP) is 9.18. The Balaban J connectivity index is 1.22. The van der Waals surface area contributed by atoms with Gasteiger partial charge in [-0.25, -0.2) is 14.6 Å². The lowest BCUT2D eigenvalue weighted by molar-refractivity contribution is -0.124. The summed E-state index contributed by atoms with van der Waals surface area (Å²) in [5, 5.41) is 5.14. The number of aromatic nitrogens is 1. The monoisotopic (exact) mass is 749 g/mol. The molecule has 0 radical (unpaired) electrons. The summed E-state index contributed by atoms with van der Waals surface area (Å²) in [5.41, 5.74) is 4.53. The molecule has 282 valence electrons. The van der Waals surface area contributed by atoms with Crippen molar-refractivity contribution in [3.8, 4) is 10.6 Å². The molecule has 0 unspecified atom stereocenters. The molecule has 1 saturated carbocycles. The molecule has 3 aromatic rings. The smallest absolute Gasteiger partial charge is 0.410 e. The molecule has 12 heteroatoms. The molecule has 52 heavy (non-hydrogen) atoms. The molecule has 0 saturated heterocycles. The first-order chi connectivity index (χ1) is 24.4. The van der Waals surface area contributed by atoms with Gasteiger partial charge in [0, 0.05) is 60.7 Å². The number of hydrogen-bond donors (Lipinski definition) is 1. The Labute approximate surface area is 316 Å². The molecule has 1 fully saturated rings. The van der Waals surface area contributed by atoms with Gasteiger partial charge in [-0.05, 0) is 124 Å². The van der Waals surface area contributed by atoms with Crippen LogP contribution < -0.4 is 5.32 Å². The minimum Gasteiger partial charge on any atom is -0.444 e. The number of benzene rings is 1. The second-order valence-corrected chi connectivity index (χ2v) is 19.1. The number of hydrogen-bond acceptors (Lipinski definition) is 9. The van der Waals surface area contributed by atoms with Crippen molar-refractivity contribution in [3.05, 3.63) is 40.3 Å². The minimum absolute atomic E-state index is 0.00207. The zero-order chi connectivity index (χ0) is 37.7. The van der Waals surface area contributed by atoms with Gasteiger partial charge in [-0.15, -0.1) is 22.7 Å². The van der Waals surface area contributed by atoms with Crippen molar-refractivity contribution >= 4 is 61.6 Å². The van der Waals surface area contributed by atoms with E-state index in [2.05, 4.69) is 48.3 Å². The topological polar surface area (TPSA) is 104 Å². The Bertz CT molecular complexity index is 1860. The molecule has 3 amide bonds. The number of carbonyl (C=O) groups is 3. The molecule has 4 heterocycles. The number of anilines is 1. The first-order valence-corrected chi connectivity index (χ1v) is 20.3. The molecule has 1 aromatic carbocycles. The first-order valence-electron chi connectivity index (χ1n) is 18.7. The van der Waals surface area contributed by atoms with Gasteiger partial charge in [0.25, 0.3) is 0 Å². The first kappa shape index (κ1) is 38.3. The molecular weight excluding hydrogens is 695 g/mol. The summed E-state index contributed by atoms with van der Waals surface area (Å²) in [6.07, 6.45) is 4.41. The lowest BCUT2D eigenvalue weighted by Gasteiger charge is -2.44. The fraction of sp³-hybridized carbons (Fsp3) is 0.600. The highest BCUT2D eigenvalue weighted by Gasteiger charge is 2.43. The van der Waals surface area contributed by atoms with Crippen LogP contribution in [0.15, 0.2) is 24.3 Å². The van der Waals surface area contributed by atoms with Crippen molar-refractivity contribution in [2.45, 2.75) is 131 Å². The minimum atomic E-state index is -0.578. The van der Waals surface area contributed by atoms with Crippen LogP contribution in [0, 0.1) is 5.92 Å². The number of nitrogens with zero attached hydrogens (tertiary/aromatic N) is 4. The fourth-order valence-corrected chi connectivity index (χ4v) is 9.60. The number of thiazole rings is 1. The van der Waals surface area contributed by atoms with Gasteiger partial charge in [-0.2, -0.15) is 0 Å². The van der Waals surface area contributed by atoms with Crippen LogP contribution in [-0.4, -0.2) is 86.7 Å². The van der Waals surface area contributed by atoms with Crippen LogP contribution in [0.1, 0.15) is 105 Å². The van der Waals surface area contributed by atoms with Crippen molar-refractivity contribution in [2.75, 3.05) is 25.0 Å². The quantitative estimate of drug-likeness (QED) is 0.257. The lowest BCUT2D eigenvalue weighted by Crippen LogP contribution is -2.54. The van der Waals surface area contributed by atoms with Crippen molar-refractivity contribution in [3.63, 3.8) is 0 Å². The molecule has 2 aromatic heterocycles. The molecule has 1 aliphatic carbocycles. The van der Waals surface area contributed by atoms with E-state index in [0.717, 1.165) is 57.3 Å². The maximum absolute atomic E-state index is 13.8. The van der Waals surface area contributed by atoms with Gasteiger partial charge in [-0.1, -0.05) is 12.1 Å². The Morgan fingerprint density at radius 1 is 0.962 bits per heavy atom. The molecular formula is C40H55N5O5S2. The third-order valence-corrected chi connectivity index (χ3v) is 12.1.